The lowest BCUT2D eigenvalue weighted by molar-refractivity contribution is -0.139. The number of aryl methyl sites for hydroxylation is 1. The molecule has 0 unspecified atom stereocenters. The second kappa shape index (κ2) is 8.79. The van der Waals surface area contributed by atoms with Crippen molar-refractivity contribution in [3.05, 3.63) is 47.5 Å². The Hall–Kier alpha value is -2.30. The number of benzene rings is 1. The van der Waals surface area contributed by atoms with E-state index in [2.05, 4.69) is 10.6 Å². The van der Waals surface area contributed by atoms with Gasteiger partial charge < -0.3 is 15.7 Å². The first-order valence-electron chi connectivity index (χ1n) is 6.93. The number of hydrogen-bond acceptors (Lipinski definition) is 2. The highest BCUT2D eigenvalue weighted by molar-refractivity contribution is 5.82. The van der Waals surface area contributed by atoms with Crippen molar-refractivity contribution in [3.8, 4) is 0 Å². The summed E-state index contributed by atoms with van der Waals surface area (Å²) in [6, 6.07) is 8.24. The second-order valence-corrected chi connectivity index (χ2v) is 5.05. The van der Waals surface area contributed by atoms with E-state index in [9.17, 15) is 9.59 Å². The van der Waals surface area contributed by atoms with Crippen molar-refractivity contribution in [1.29, 1.82) is 0 Å². The van der Waals surface area contributed by atoms with E-state index >= 15 is 0 Å². The molecule has 0 aromatic heterocycles. The molecule has 1 rings (SSSR count). The third-order valence-electron chi connectivity index (χ3n) is 2.94. The first kappa shape index (κ1) is 16.8. The van der Waals surface area contributed by atoms with E-state index in [0.29, 0.717) is 19.4 Å². The third-order valence-corrected chi connectivity index (χ3v) is 2.94. The molecule has 5 heteroatoms. The van der Waals surface area contributed by atoms with Gasteiger partial charge in [-0.2, -0.15) is 0 Å². The van der Waals surface area contributed by atoms with Crippen molar-refractivity contribution in [2.24, 2.45) is 0 Å². The van der Waals surface area contributed by atoms with E-state index in [4.69, 9.17) is 5.11 Å². The van der Waals surface area contributed by atoms with Gasteiger partial charge in [0.1, 0.15) is 6.04 Å². The van der Waals surface area contributed by atoms with E-state index in [0.717, 1.165) is 11.1 Å². The predicted octanol–water partition coefficient (Wildman–Crippen LogP) is 2.34. The average Bonchev–Trinajstić information content (AvgIpc) is 2.43. The van der Waals surface area contributed by atoms with Gasteiger partial charge in [0.25, 0.3) is 0 Å². The summed E-state index contributed by atoms with van der Waals surface area (Å²) in [4.78, 5) is 22.8. The van der Waals surface area contributed by atoms with Gasteiger partial charge in [0.15, 0.2) is 0 Å². The number of carboxylic acids is 1. The molecule has 114 valence electrons. The van der Waals surface area contributed by atoms with Crippen molar-refractivity contribution in [2.75, 3.05) is 6.54 Å². The van der Waals surface area contributed by atoms with E-state index < -0.39 is 18.0 Å². The highest BCUT2D eigenvalue weighted by Gasteiger charge is 2.19. The van der Waals surface area contributed by atoms with Crippen molar-refractivity contribution < 1.29 is 14.7 Å². The standard InChI is InChI=1S/C16H22N2O3/c1-12(2)10-11-17-16(21)18-14(15(19)20)9-8-13-6-4-3-5-7-13/h3-7,10,14H,8-9,11H2,1-2H3,(H,19,20)(H2,17,18,21)/t14-/m0/s1. The van der Waals surface area contributed by atoms with Gasteiger partial charge in [-0.3, -0.25) is 0 Å². The molecule has 0 bridgehead atoms. The van der Waals surface area contributed by atoms with Crippen LogP contribution in [0, 0.1) is 0 Å². The Labute approximate surface area is 125 Å². The maximum atomic E-state index is 11.6. The van der Waals surface area contributed by atoms with Crippen molar-refractivity contribution in [2.45, 2.75) is 32.7 Å². The molecule has 0 heterocycles. The molecule has 3 N–H and O–H groups in total. The van der Waals surface area contributed by atoms with Crippen LogP contribution in [0.1, 0.15) is 25.8 Å². The summed E-state index contributed by atoms with van der Waals surface area (Å²) in [6.45, 7) is 4.25. The molecule has 21 heavy (non-hydrogen) atoms. The Bertz CT molecular complexity index is 494. The Morgan fingerprint density at radius 2 is 1.90 bits per heavy atom. The van der Waals surface area contributed by atoms with Crippen LogP contribution in [0.2, 0.25) is 0 Å². The number of nitrogens with one attached hydrogen (secondary N) is 2. The summed E-state index contributed by atoms with van der Waals surface area (Å²) in [5, 5.41) is 14.2. The van der Waals surface area contributed by atoms with Crippen molar-refractivity contribution >= 4 is 12.0 Å². The molecular weight excluding hydrogens is 268 g/mol. The summed E-state index contributed by atoms with van der Waals surface area (Å²) in [5.41, 5.74) is 2.14. The molecule has 0 saturated heterocycles. The van der Waals surface area contributed by atoms with E-state index in [1.54, 1.807) is 0 Å². The zero-order valence-corrected chi connectivity index (χ0v) is 12.4. The zero-order valence-electron chi connectivity index (χ0n) is 12.4. The SMILES string of the molecule is CC(C)=CCNC(=O)N[C@@H](CCc1ccccc1)C(=O)O. The Kier molecular flexibility index (Phi) is 7.01. The van der Waals surface area contributed by atoms with Crippen LogP contribution in [-0.4, -0.2) is 29.7 Å². The van der Waals surface area contributed by atoms with Gasteiger partial charge in [0, 0.05) is 6.54 Å². The molecule has 0 saturated carbocycles. The van der Waals surface area contributed by atoms with Crippen LogP contribution in [0.5, 0.6) is 0 Å². The van der Waals surface area contributed by atoms with Crippen LogP contribution in [0.3, 0.4) is 0 Å². The van der Waals surface area contributed by atoms with Crippen LogP contribution in [0.15, 0.2) is 42.0 Å². The Morgan fingerprint density at radius 1 is 1.24 bits per heavy atom. The Balaban J connectivity index is 2.44. The predicted molar refractivity (Wildman–Crippen MR) is 82.2 cm³/mol. The van der Waals surface area contributed by atoms with Crippen molar-refractivity contribution in [3.63, 3.8) is 0 Å². The van der Waals surface area contributed by atoms with E-state index in [1.165, 1.54) is 0 Å². The van der Waals surface area contributed by atoms with Crippen LogP contribution < -0.4 is 10.6 Å². The number of rotatable bonds is 7. The fraction of sp³-hybridized carbons (Fsp3) is 0.375. The number of carbonyl (C=O) groups is 2. The number of carbonyl (C=O) groups excluding carboxylic acids is 1. The highest BCUT2D eigenvalue weighted by Crippen LogP contribution is 2.05. The van der Waals surface area contributed by atoms with Crippen LogP contribution in [-0.2, 0) is 11.2 Å². The van der Waals surface area contributed by atoms with Gasteiger partial charge in [-0.05, 0) is 32.3 Å². The van der Waals surface area contributed by atoms with E-state index in [1.807, 2.05) is 50.3 Å². The number of amides is 2. The van der Waals surface area contributed by atoms with E-state index in [-0.39, 0.29) is 0 Å². The first-order chi connectivity index (χ1) is 9.99. The quantitative estimate of drug-likeness (QED) is 0.674. The number of carboxylic acid groups (broad SMARTS) is 1. The minimum atomic E-state index is -1.02. The van der Waals surface area contributed by atoms with Gasteiger partial charge in [-0.15, -0.1) is 0 Å². The lowest BCUT2D eigenvalue weighted by Crippen LogP contribution is -2.46. The number of aliphatic carboxylic acids is 1. The molecule has 0 spiro atoms. The maximum Gasteiger partial charge on any atom is 0.326 e. The molecule has 0 aliphatic rings. The lowest BCUT2D eigenvalue weighted by Gasteiger charge is -2.14. The van der Waals surface area contributed by atoms with Crippen LogP contribution >= 0.6 is 0 Å². The fourth-order valence-corrected chi connectivity index (χ4v) is 1.77. The molecule has 0 aliphatic heterocycles. The number of urea groups is 1. The second-order valence-electron chi connectivity index (χ2n) is 5.05. The summed E-state index contributed by atoms with van der Waals surface area (Å²) in [5.74, 6) is -1.02. The molecular formula is C16H22N2O3. The van der Waals surface area contributed by atoms with Crippen LogP contribution in [0.25, 0.3) is 0 Å². The van der Waals surface area contributed by atoms with Gasteiger partial charge in [0.2, 0.25) is 0 Å². The monoisotopic (exact) mass is 290 g/mol. The smallest absolute Gasteiger partial charge is 0.326 e. The minimum absolute atomic E-state index is 0.357. The van der Waals surface area contributed by atoms with Gasteiger partial charge >= 0.3 is 12.0 Å². The number of hydrogen-bond donors (Lipinski definition) is 3. The lowest BCUT2D eigenvalue weighted by atomic mass is 10.1. The largest absolute Gasteiger partial charge is 0.480 e. The normalized spacial score (nSPS) is 11.3. The minimum Gasteiger partial charge on any atom is -0.480 e. The molecule has 5 nitrogen and oxygen atoms in total. The summed E-state index contributed by atoms with van der Waals surface area (Å²) in [6.07, 6.45) is 2.82. The van der Waals surface area contributed by atoms with Crippen molar-refractivity contribution in [1.82, 2.24) is 10.6 Å². The highest BCUT2D eigenvalue weighted by atomic mass is 16.4. The maximum absolute atomic E-state index is 11.6. The molecule has 1 aromatic rings. The van der Waals surface area contributed by atoms with Gasteiger partial charge in [-0.1, -0.05) is 42.0 Å². The number of allylic oxidation sites excluding steroid dienone is 1. The summed E-state index contributed by atoms with van der Waals surface area (Å²) in [7, 11) is 0. The molecule has 0 fully saturated rings. The third kappa shape index (κ3) is 7.15. The first-order valence-corrected chi connectivity index (χ1v) is 6.93. The van der Waals surface area contributed by atoms with Crippen LogP contribution in [0.4, 0.5) is 4.79 Å². The average molecular weight is 290 g/mol. The topological polar surface area (TPSA) is 78.4 Å². The van der Waals surface area contributed by atoms with Gasteiger partial charge in [-0.25, -0.2) is 9.59 Å². The molecule has 0 aliphatic carbocycles. The summed E-state index contributed by atoms with van der Waals surface area (Å²) < 4.78 is 0. The molecule has 0 radical (unpaired) electrons. The molecule has 1 atom stereocenters. The fourth-order valence-electron chi connectivity index (χ4n) is 1.77. The summed E-state index contributed by atoms with van der Waals surface area (Å²) >= 11 is 0. The zero-order chi connectivity index (χ0) is 15.7. The van der Waals surface area contributed by atoms with Gasteiger partial charge in [0.05, 0.1) is 0 Å². The molecule has 1 aromatic carbocycles. The molecule has 2 amide bonds. The Morgan fingerprint density at radius 3 is 2.48 bits per heavy atom.